The molecule has 94 valence electrons. The average molecular weight is 237 g/mol. The van der Waals surface area contributed by atoms with Gasteiger partial charge in [-0.05, 0) is 19.3 Å². The summed E-state index contributed by atoms with van der Waals surface area (Å²) in [4.78, 5) is 11.3. The molecular formula is C12H19N3O2. The summed E-state index contributed by atoms with van der Waals surface area (Å²) in [5, 5.41) is 17.3. The summed E-state index contributed by atoms with van der Waals surface area (Å²) >= 11 is 0. The highest BCUT2D eigenvalue weighted by Gasteiger charge is 2.34. The smallest absolute Gasteiger partial charge is 0.307 e. The van der Waals surface area contributed by atoms with E-state index in [1.165, 1.54) is 0 Å². The predicted octanol–water partition coefficient (Wildman–Crippen LogP) is 2.05. The normalized spacial score (nSPS) is 24.8. The van der Waals surface area contributed by atoms with Gasteiger partial charge in [-0.15, -0.1) is 10.2 Å². The molecule has 17 heavy (non-hydrogen) atoms. The molecule has 1 N–H and O–H groups in total. The van der Waals surface area contributed by atoms with Crippen molar-refractivity contribution in [1.82, 2.24) is 14.8 Å². The SMILES string of the molecule is CCCn1cnnc1C1CCCCC1C(=O)O. The monoisotopic (exact) mass is 237 g/mol. The standard InChI is InChI=1S/C12H19N3O2/c1-2-7-15-8-13-14-11(15)9-5-3-4-6-10(9)12(16)17/h8-10H,2-7H2,1H3,(H,16,17). The molecule has 1 saturated carbocycles. The van der Waals surface area contributed by atoms with Crippen molar-refractivity contribution < 1.29 is 9.90 Å². The van der Waals surface area contributed by atoms with E-state index >= 15 is 0 Å². The third-order valence-electron chi connectivity index (χ3n) is 3.52. The van der Waals surface area contributed by atoms with Gasteiger partial charge in [-0.25, -0.2) is 0 Å². The lowest BCUT2D eigenvalue weighted by atomic mass is 9.78. The van der Waals surface area contributed by atoms with Crippen LogP contribution < -0.4 is 0 Å². The first-order valence-corrected chi connectivity index (χ1v) is 6.34. The Labute approximate surface area is 101 Å². The second-order valence-corrected chi connectivity index (χ2v) is 4.72. The minimum absolute atomic E-state index is 0.0373. The summed E-state index contributed by atoms with van der Waals surface area (Å²) in [6.07, 6.45) is 6.50. The Balaban J connectivity index is 2.23. The Bertz CT molecular complexity index is 389. The highest BCUT2D eigenvalue weighted by molar-refractivity contribution is 5.71. The molecule has 2 atom stereocenters. The van der Waals surface area contributed by atoms with Crippen LogP contribution in [0.15, 0.2) is 6.33 Å². The first kappa shape index (κ1) is 12.1. The van der Waals surface area contributed by atoms with Crippen LogP contribution >= 0.6 is 0 Å². The van der Waals surface area contributed by atoms with Gasteiger partial charge in [-0.1, -0.05) is 19.8 Å². The Morgan fingerprint density at radius 1 is 1.53 bits per heavy atom. The molecular weight excluding hydrogens is 218 g/mol. The summed E-state index contributed by atoms with van der Waals surface area (Å²) in [7, 11) is 0. The van der Waals surface area contributed by atoms with Gasteiger partial charge < -0.3 is 9.67 Å². The van der Waals surface area contributed by atoms with E-state index in [0.717, 1.165) is 44.5 Å². The van der Waals surface area contributed by atoms with Gasteiger partial charge in [0.1, 0.15) is 12.2 Å². The third kappa shape index (κ3) is 2.48. The van der Waals surface area contributed by atoms with Crippen molar-refractivity contribution in [1.29, 1.82) is 0 Å². The summed E-state index contributed by atoms with van der Waals surface area (Å²) < 4.78 is 2.01. The van der Waals surface area contributed by atoms with Crippen molar-refractivity contribution in [3.05, 3.63) is 12.2 Å². The van der Waals surface area contributed by atoms with E-state index in [4.69, 9.17) is 0 Å². The van der Waals surface area contributed by atoms with E-state index in [0.29, 0.717) is 0 Å². The molecule has 0 spiro atoms. The van der Waals surface area contributed by atoms with E-state index < -0.39 is 5.97 Å². The summed E-state index contributed by atoms with van der Waals surface area (Å²) in [5.41, 5.74) is 0. The fraction of sp³-hybridized carbons (Fsp3) is 0.750. The molecule has 5 nitrogen and oxygen atoms in total. The van der Waals surface area contributed by atoms with Crippen LogP contribution in [0.2, 0.25) is 0 Å². The van der Waals surface area contributed by atoms with E-state index in [1.807, 2.05) is 4.57 Å². The number of hydrogen-bond donors (Lipinski definition) is 1. The summed E-state index contributed by atoms with van der Waals surface area (Å²) in [6, 6.07) is 0. The van der Waals surface area contributed by atoms with Crippen molar-refractivity contribution in [2.45, 2.75) is 51.5 Å². The Morgan fingerprint density at radius 3 is 3.00 bits per heavy atom. The lowest BCUT2D eigenvalue weighted by Gasteiger charge is -2.27. The maximum atomic E-state index is 11.3. The molecule has 1 fully saturated rings. The van der Waals surface area contributed by atoms with Crippen molar-refractivity contribution in [3.8, 4) is 0 Å². The van der Waals surface area contributed by atoms with Gasteiger partial charge >= 0.3 is 5.97 Å². The zero-order chi connectivity index (χ0) is 12.3. The first-order chi connectivity index (χ1) is 8.24. The number of carboxylic acid groups (broad SMARTS) is 1. The van der Waals surface area contributed by atoms with Crippen molar-refractivity contribution in [2.75, 3.05) is 0 Å². The summed E-state index contributed by atoms with van der Waals surface area (Å²) in [6.45, 7) is 2.96. The highest BCUT2D eigenvalue weighted by atomic mass is 16.4. The minimum Gasteiger partial charge on any atom is -0.481 e. The second kappa shape index (κ2) is 5.29. The van der Waals surface area contributed by atoms with Crippen LogP contribution in [0.5, 0.6) is 0 Å². The average Bonchev–Trinajstić information content (AvgIpc) is 2.77. The fourth-order valence-corrected chi connectivity index (χ4v) is 2.70. The summed E-state index contributed by atoms with van der Waals surface area (Å²) in [5.74, 6) is -0.0847. The quantitative estimate of drug-likeness (QED) is 0.870. The molecule has 1 heterocycles. The molecule has 1 aromatic rings. The van der Waals surface area contributed by atoms with Crippen LogP contribution in [0, 0.1) is 5.92 Å². The number of nitrogens with zero attached hydrogens (tertiary/aromatic N) is 3. The van der Waals surface area contributed by atoms with E-state index in [1.54, 1.807) is 6.33 Å². The lowest BCUT2D eigenvalue weighted by molar-refractivity contribution is -0.143. The largest absolute Gasteiger partial charge is 0.481 e. The van der Waals surface area contributed by atoms with Crippen LogP contribution in [0.3, 0.4) is 0 Å². The molecule has 2 rings (SSSR count). The Morgan fingerprint density at radius 2 is 2.29 bits per heavy atom. The van der Waals surface area contributed by atoms with E-state index in [9.17, 15) is 9.90 Å². The van der Waals surface area contributed by atoms with Gasteiger partial charge in [-0.2, -0.15) is 0 Å². The molecule has 0 amide bonds. The molecule has 0 bridgehead atoms. The maximum Gasteiger partial charge on any atom is 0.307 e. The second-order valence-electron chi connectivity index (χ2n) is 4.72. The highest BCUT2D eigenvalue weighted by Crippen LogP contribution is 2.36. The number of carbonyl (C=O) groups is 1. The van der Waals surface area contributed by atoms with Crippen molar-refractivity contribution in [2.24, 2.45) is 5.92 Å². The minimum atomic E-state index is -0.694. The molecule has 0 saturated heterocycles. The molecule has 0 aliphatic heterocycles. The first-order valence-electron chi connectivity index (χ1n) is 6.34. The maximum absolute atomic E-state index is 11.3. The Hall–Kier alpha value is -1.39. The molecule has 1 aliphatic rings. The molecule has 0 aromatic carbocycles. The van der Waals surface area contributed by atoms with Crippen molar-refractivity contribution >= 4 is 5.97 Å². The van der Waals surface area contributed by atoms with Gasteiger partial charge in [0.25, 0.3) is 0 Å². The number of aliphatic carboxylic acids is 1. The molecule has 1 aliphatic carbocycles. The van der Waals surface area contributed by atoms with E-state index in [-0.39, 0.29) is 11.8 Å². The van der Waals surface area contributed by atoms with Crippen LogP contribution in [-0.2, 0) is 11.3 Å². The van der Waals surface area contributed by atoms with Gasteiger partial charge in [0.05, 0.1) is 5.92 Å². The molecule has 1 aromatic heterocycles. The number of aromatic nitrogens is 3. The van der Waals surface area contributed by atoms with Gasteiger partial charge in [0.2, 0.25) is 0 Å². The van der Waals surface area contributed by atoms with Gasteiger partial charge in [-0.3, -0.25) is 4.79 Å². The van der Waals surface area contributed by atoms with Gasteiger partial charge in [0.15, 0.2) is 0 Å². The topological polar surface area (TPSA) is 68.0 Å². The van der Waals surface area contributed by atoms with Gasteiger partial charge in [0, 0.05) is 12.5 Å². The number of rotatable bonds is 4. The van der Waals surface area contributed by atoms with Crippen LogP contribution in [-0.4, -0.2) is 25.8 Å². The number of carboxylic acids is 1. The molecule has 2 unspecified atom stereocenters. The van der Waals surface area contributed by atoms with Crippen LogP contribution in [0.25, 0.3) is 0 Å². The van der Waals surface area contributed by atoms with Crippen LogP contribution in [0.1, 0.15) is 50.8 Å². The number of aryl methyl sites for hydroxylation is 1. The third-order valence-corrected chi connectivity index (χ3v) is 3.52. The van der Waals surface area contributed by atoms with Crippen molar-refractivity contribution in [3.63, 3.8) is 0 Å². The number of hydrogen-bond acceptors (Lipinski definition) is 3. The lowest BCUT2D eigenvalue weighted by Crippen LogP contribution is -2.27. The molecule has 5 heteroatoms. The zero-order valence-corrected chi connectivity index (χ0v) is 10.2. The Kier molecular flexibility index (Phi) is 3.76. The predicted molar refractivity (Wildman–Crippen MR) is 62.6 cm³/mol. The zero-order valence-electron chi connectivity index (χ0n) is 10.2. The fourth-order valence-electron chi connectivity index (χ4n) is 2.70. The van der Waals surface area contributed by atoms with E-state index in [2.05, 4.69) is 17.1 Å². The van der Waals surface area contributed by atoms with Crippen LogP contribution in [0.4, 0.5) is 0 Å². The molecule has 0 radical (unpaired) electrons.